The molecule has 6 heteroatoms. The van der Waals surface area contributed by atoms with Gasteiger partial charge in [-0.2, -0.15) is 0 Å². The largest absolute Gasteiger partial charge is 0.296 e. The molecule has 94 valence electrons. The van der Waals surface area contributed by atoms with E-state index >= 15 is 0 Å². The van der Waals surface area contributed by atoms with Crippen LogP contribution in [-0.2, 0) is 6.42 Å². The van der Waals surface area contributed by atoms with Crippen LogP contribution in [-0.4, -0.2) is 21.3 Å². The van der Waals surface area contributed by atoms with Crippen LogP contribution in [0.1, 0.15) is 29.5 Å². The molecule has 4 nitrogen and oxygen atoms in total. The lowest BCUT2D eigenvalue weighted by Gasteiger charge is -2.06. The summed E-state index contributed by atoms with van der Waals surface area (Å²) in [5, 5.41) is 7.70. The standard InChI is InChI=1S/C12H11ClFN3O/c1-2-3-12-11(7-18)15-16-17(12)8-4-5-10(14)9(13)6-8/h4-7H,2-3H2,1H3. The number of aromatic nitrogens is 3. The number of carbonyl (C=O) groups is 1. The molecule has 1 heterocycles. The highest BCUT2D eigenvalue weighted by atomic mass is 35.5. The lowest BCUT2D eigenvalue weighted by Crippen LogP contribution is -2.03. The smallest absolute Gasteiger partial charge is 0.172 e. The summed E-state index contributed by atoms with van der Waals surface area (Å²) in [7, 11) is 0. The van der Waals surface area contributed by atoms with Crippen LogP contribution in [0.25, 0.3) is 5.69 Å². The summed E-state index contributed by atoms with van der Waals surface area (Å²) in [4.78, 5) is 10.9. The molecule has 1 aromatic heterocycles. The maximum atomic E-state index is 13.1. The van der Waals surface area contributed by atoms with Gasteiger partial charge in [-0.05, 0) is 24.6 Å². The number of hydrogen-bond acceptors (Lipinski definition) is 3. The van der Waals surface area contributed by atoms with E-state index < -0.39 is 5.82 Å². The number of nitrogens with zero attached hydrogens (tertiary/aromatic N) is 3. The fourth-order valence-corrected chi connectivity index (χ4v) is 1.87. The quantitative estimate of drug-likeness (QED) is 0.801. The molecule has 0 spiro atoms. The van der Waals surface area contributed by atoms with E-state index in [2.05, 4.69) is 10.3 Å². The normalized spacial score (nSPS) is 10.6. The number of benzene rings is 1. The topological polar surface area (TPSA) is 47.8 Å². The zero-order valence-corrected chi connectivity index (χ0v) is 10.5. The van der Waals surface area contributed by atoms with Crippen molar-refractivity contribution in [2.24, 2.45) is 0 Å². The van der Waals surface area contributed by atoms with E-state index in [4.69, 9.17) is 11.6 Å². The summed E-state index contributed by atoms with van der Waals surface area (Å²) in [6.45, 7) is 1.99. The van der Waals surface area contributed by atoms with Crippen LogP contribution < -0.4 is 0 Å². The highest BCUT2D eigenvalue weighted by Crippen LogP contribution is 2.20. The van der Waals surface area contributed by atoms with Gasteiger partial charge >= 0.3 is 0 Å². The number of aldehydes is 1. The average molecular weight is 268 g/mol. The average Bonchev–Trinajstić information content (AvgIpc) is 2.76. The van der Waals surface area contributed by atoms with Crippen LogP contribution >= 0.6 is 11.6 Å². The van der Waals surface area contributed by atoms with Crippen molar-refractivity contribution in [3.05, 3.63) is 40.4 Å². The van der Waals surface area contributed by atoms with Gasteiger partial charge in [-0.1, -0.05) is 30.2 Å². The Hall–Kier alpha value is -1.75. The Bertz CT molecular complexity index is 583. The molecule has 0 N–H and O–H groups in total. The first-order chi connectivity index (χ1) is 8.67. The number of rotatable bonds is 4. The molecule has 0 aliphatic carbocycles. The molecule has 0 aliphatic rings. The number of carbonyl (C=O) groups excluding carboxylic acids is 1. The molecular formula is C12H11ClFN3O. The third kappa shape index (κ3) is 2.26. The molecule has 0 unspecified atom stereocenters. The lowest BCUT2D eigenvalue weighted by molar-refractivity contribution is 0.111. The summed E-state index contributed by atoms with van der Waals surface area (Å²) < 4.78 is 14.6. The Kier molecular flexibility index (Phi) is 3.72. The van der Waals surface area contributed by atoms with E-state index in [-0.39, 0.29) is 5.02 Å². The highest BCUT2D eigenvalue weighted by Gasteiger charge is 2.13. The molecule has 0 atom stereocenters. The maximum absolute atomic E-state index is 13.1. The molecular weight excluding hydrogens is 257 g/mol. The van der Waals surface area contributed by atoms with Gasteiger partial charge in [-0.3, -0.25) is 4.79 Å². The zero-order valence-electron chi connectivity index (χ0n) is 9.73. The summed E-state index contributed by atoms with van der Waals surface area (Å²) in [6, 6.07) is 4.26. The monoisotopic (exact) mass is 267 g/mol. The molecule has 1 aromatic carbocycles. The van der Waals surface area contributed by atoms with Crippen molar-refractivity contribution in [2.45, 2.75) is 19.8 Å². The van der Waals surface area contributed by atoms with Crippen molar-refractivity contribution in [3.8, 4) is 5.69 Å². The molecule has 0 fully saturated rings. The Balaban J connectivity index is 2.52. The molecule has 2 rings (SSSR count). The fourth-order valence-electron chi connectivity index (χ4n) is 1.70. The van der Waals surface area contributed by atoms with Crippen LogP contribution in [0.15, 0.2) is 18.2 Å². The Morgan fingerprint density at radius 2 is 2.28 bits per heavy atom. The third-order valence-electron chi connectivity index (χ3n) is 2.54. The fraction of sp³-hybridized carbons (Fsp3) is 0.250. The second-order valence-corrected chi connectivity index (χ2v) is 4.21. The van der Waals surface area contributed by atoms with Gasteiger partial charge in [0.2, 0.25) is 0 Å². The molecule has 18 heavy (non-hydrogen) atoms. The SMILES string of the molecule is CCCc1c(C=O)nnn1-c1ccc(F)c(Cl)c1. The molecule has 0 amide bonds. The molecule has 0 saturated heterocycles. The van der Waals surface area contributed by atoms with Gasteiger partial charge < -0.3 is 0 Å². The lowest BCUT2D eigenvalue weighted by atomic mass is 10.2. The van der Waals surface area contributed by atoms with Crippen molar-refractivity contribution in [3.63, 3.8) is 0 Å². The molecule has 2 aromatic rings. The van der Waals surface area contributed by atoms with E-state index in [1.54, 1.807) is 6.07 Å². The highest BCUT2D eigenvalue weighted by molar-refractivity contribution is 6.30. The molecule has 0 bridgehead atoms. The minimum atomic E-state index is -0.492. The van der Waals surface area contributed by atoms with E-state index in [0.29, 0.717) is 29.8 Å². The van der Waals surface area contributed by atoms with Crippen molar-refractivity contribution < 1.29 is 9.18 Å². The van der Waals surface area contributed by atoms with Gasteiger partial charge in [0, 0.05) is 0 Å². The predicted octanol–water partition coefficient (Wildman–Crippen LogP) is 2.82. The van der Waals surface area contributed by atoms with E-state index in [1.165, 1.54) is 16.8 Å². The van der Waals surface area contributed by atoms with Gasteiger partial charge in [0.25, 0.3) is 0 Å². The summed E-state index contributed by atoms with van der Waals surface area (Å²) in [5.74, 6) is -0.492. The predicted molar refractivity (Wildman–Crippen MR) is 65.7 cm³/mol. The van der Waals surface area contributed by atoms with Crippen LogP contribution in [0.3, 0.4) is 0 Å². The van der Waals surface area contributed by atoms with Crippen LogP contribution in [0, 0.1) is 5.82 Å². The Labute approximate surface area is 108 Å². The van der Waals surface area contributed by atoms with E-state index in [0.717, 1.165) is 6.42 Å². The van der Waals surface area contributed by atoms with Crippen LogP contribution in [0.2, 0.25) is 5.02 Å². The van der Waals surface area contributed by atoms with E-state index in [9.17, 15) is 9.18 Å². The van der Waals surface area contributed by atoms with Gasteiger partial charge in [0.05, 0.1) is 16.4 Å². The summed E-state index contributed by atoms with van der Waals surface area (Å²) in [6.07, 6.45) is 2.18. The Morgan fingerprint density at radius 1 is 1.50 bits per heavy atom. The minimum Gasteiger partial charge on any atom is -0.296 e. The first-order valence-corrected chi connectivity index (χ1v) is 5.90. The van der Waals surface area contributed by atoms with Crippen molar-refractivity contribution in [1.29, 1.82) is 0 Å². The van der Waals surface area contributed by atoms with Crippen molar-refractivity contribution in [2.75, 3.05) is 0 Å². The molecule has 0 aliphatic heterocycles. The summed E-state index contributed by atoms with van der Waals surface area (Å²) >= 11 is 5.73. The number of hydrogen-bond donors (Lipinski definition) is 0. The minimum absolute atomic E-state index is 0.0121. The Morgan fingerprint density at radius 3 is 2.89 bits per heavy atom. The maximum Gasteiger partial charge on any atom is 0.172 e. The zero-order chi connectivity index (χ0) is 13.1. The van der Waals surface area contributed by atoms with Crippen LogP contribution in [0.5, 0.6) is 0 Å². The van der Waals surface area contributed by atoms with Gasteiger partial charge in [-0.15, -0.1) is 5.10 Å². The summed E-state index contributed by atoms with van der Waals surface area (Å²) in [5.41, 5.74) is 1.60. The van der Waals surface area contributed by atoms with Gasteiger partial charge in [-0.25, -0.2) is 9.07 Å². The third-order valence-corrected chi connectivity index (χ3v) is 2.83. The molecule has 0 saturated carbocycles. The van der Waals surface area contributed by atoms with E-state index in [1.807, 2.05) is 6.92 Å². The van der Waals surface area contributed by atoms with Gasteiger partial charge in [0.15, 0.2) is 6.29 Å². The van der Waals surface area contributed by atoms with Crippen molar-refractivity contribution in [1.82, 2.24) is 15.0 Å². The van der Waals surface area contributed by atoms with Crippen LogP contribution in [0.4, 0.5) is 4.39 Å². The first kappa shape index (κ1) is 12.7. The van der Waals surface area contributed by atoms with Crippen molar-refractivity contribution >= 4 is 17.9 Å². The second kappa shape index (κ2) is 5.27. The van der Waals surface area contributed by atoms with Gasteiger partial charge in [0.1, 0.15) is 11.5 Å². The second-order valence-electron chi connectivity index (χ2n) is 3.80. The first-order valence-electron chi connectivity index (χ1n) is 5.52. The molecule has 0 radical (unpaired) electrons. The number of halogens is 2.